The predicted octanol–water partition coefficient (Wildman–Crippen LogP) is 3.16. The highest BCUT2D eigenvalue weighted by atomic mass is 16.5. The number of carbonyl (C=O) groups is 3. The Hall–Kier alpha value is -3.39. The number of hydrogen-bond acceptors (Lipinski definition) is 5. The molecule has 1 aliphatic rings. The summed E-state index contributed by atoms with van der Waals surface area (Å²) in [5, 5.41) is 14.3. The highest BCUT2D eigenvalue weighted by molar-refractivity contribution is 5.90. The Kier molecular flexibility index (Phi) is 7.38. The number of methoxy groups -OCH3 is 1. The Bertz CT molecular complexity index is 984. The lowest BCUT2D eigenvalue weighted by Crippen LogP contribution is -2.57. The molecule has 0 fully saturated rings. The number of alkyl carbamates (subject to hydrolysis) is 1. The molecular weight excluding hydrogens is 424 g/mol. The van der Waals surface area contributed by atoms with Crippen LogP contribution in [0.1, 0.15) is 37.8 Å². The Balaban J connectivity index is 1.69. The van der Waals surface area contributed by atoms with Crippen LogP contribution in [0, 0.1) is 5.41 Å². The van der Waals surface area contributed by atoms with Gasteiger partial charge in [0, 0.05) is 13.0 Å². The lowest BCUT2D eigenvalue weighted by Gasteiger charge is -2.31. The van der Waals surface area contributed by atoms with Gasteiger partial charge in [-0.15, -0.1) is 0 Å². The van der Waals surface area contributed by atoms with Gasteiger partial charge in [-0.2, -0.15) is 0 Å². The second-order valence-corrected chi connectivity index (χ2v) is 9.12. The minimum atomic E-state index is -1.23. The van der Waals surface area contributed by atoms with Crippen molar-refractivity contribution in [1.82, 2.24) is 10.6 Å². The molecule has 3 N–H and O–H groups in total. The molecule has 0 saturated carbocycles. The number of fused-ring (bicyclic) bond motifs is 3. The minimum Gasteiger partial charge on any atom is -0.480 e. The maximum atomic E-state index is 12.8. The highest BCUT2D eigenvalue weighted by Crippen LogP contribution is 2.44. The third-order valence-corrected chi connectivity index (χ3v) is 5.68. The zero-order valence-corrected chi connectivity index (χ0v) is 19.3. The molecule has 0 saturated heterocycles. The summed E-state index contributed by atoms with van der Waals surface area (Å²) in [7, 11) is 1.35. The van der Waals surface area contributed by atoms with Gasteiger partial charge < -0.3 is 25.2 Å². The van der Waals surface area contributed by atoms with Crippen LogP contribution >= 0.6 is 0 Å². The van der Waals surface area contributed by atoms with Gasteiger partial charge in [0.15, 0.2) is 6.04 Å². The van der Waals surface area contributed by atoms with Gasteiger partial charge in [-0.25, -0.2) is 9.59 Å². The molecule has 0 unspecified atom stereocenters. The quantitative estimate of drug-likeness (QED) is 0.565. The standard InChI is InChI=1S/C25H30N2O6/c1-25(2,3)21(22(28)26-20(14-32-4)23(29)30)27-24(31)33-13-19-17-11-7-5-9-15(17)16-10-6-8-12-18(16)19/h5-12,19-21H,13-14H2,1-4H3,(H,26,28)(H,27,31)(H,29,30)/t20-,21-/m0/s1. The van der Waals surface area contributed by atoms with E-state index < -0.39 is 35.5 Å². The lowest BCUT2D eigenvalue weighted by atomic mass is 9.86. The monoisotopic (exact) mass is 454 g/mol. The Morgan fingerprint density at radius 1 is 0.970 bits per heavy atom. The van der Waals surface area contributed by atoms with Crippen molar-refractivity contribution in [3.63, 3.8) is 0 Å². The molecule has 2 aromatic carbocycles. The first-order valence-corrected chi connectivity index (χ1v) is 10.8. The molecule has 176 valence electrons. The van der Waals surface area contributed by atoms with Crippen molar-refractivity contribution in [3.8, 4) is 11.1 Å². The molecule has 2 atom stereocenters. The maximum Gasteiger partial charge on any atom is 0.407 e. The summed E-state index contributed by atoms with van der Waals surface area (Å²) in [5.41, 5.74) is 3.71. The number of ether oxygens (including phenoxy) is 2. The number of carbonyl (C=O) groups excluding carboxylic acids is 2. The largest absolute Gasteiger partial charge is 0.480 e. The summed E-state index contributed by atoms with van der Waals surface area (Å²) in [6, 6.07) is 13.8. The molecule has 8 heteroatoms. The zero-order chi connectivity index (χ0) is 24.2. The molecular formula is C25H30N2O6. The summed E-state index contributed by atoms with van der Waals surface area (Å²) in [4.78, 5) is 36.8. The number of carboxylic acids is 1. The fourth-order valence-corrected chi connectivity index (χ4v) is 4.03. The number of aliphatic carboxylic acids is 1. The molecule has 3 rings (SSSR count). The van der Waals surface area contributed by atoms with Crippen molar-refractivity contribution >= 4 is 18.0 Å². The second-order valence-electron chi connectivity index (χ2n) is 9.12. The normalized spacial score (nSPS) is 14.5. The van der Waals surface area contributed by atoms with Crippen LogP contribution in [0.15, 0.2) is 48.5 Å². The number of benzene rings is 2. The van der Waals surface area contributed by atoms with Crippen molar-refractivity contribution in [3.05, 3.63) is 59.7 Å². The van der Waals surface area contributed by atoms with Crippen LogP contribution in [0.25, 0.3) is 11.1 Å². The first-order valence-electron chi connectivity index (χ1n) is 10.8. The van der Waals surface area contributed by atoms with E-state index in [1.807, 2.05) is 48.5 Å². The predicted molar refractivity (Wildman–Crippen MR) is 123 cm³/mol. The number of rotatable bonds is 8. The summed E-state index contributed by atoms with van der Waals surface area (Å²) < 4.78 is 10.4. The zero-order valence-electron chi connectivity index (χ0n) is 19.3. The van der Waals surface area contributed by atoms with Crippen molar-refractivity contribution in [2.45, 2.75) is 38.8 Å². The summed E-state index contributed by atoms with van der Waals surface area (Å²) in [6.07, 6.45) is -0.745. The molecule has 0 radical (unpaired) electrons. The van der Waals surface area contributed by atoms with E-state index in [9.17, 15) is 19.5 Å². The van der Waals surface area contributed by atoms with Crippen LogP contribution in [0.3, 0.4) is 0 Å². The van der Waals surface area contributed by atoms with Gasteiger partial charge >= 0.3 is 12.1 Å². The molecule has 0 bridgehead atoms. The number of hydrogen-bond donors (Lipinski definition) is 3. The average Bonchev–Trinajstić information content (AvgIpc) is 3.08. The topological polar surface area (TPSA) is 114 Å². The second kappa shape index (κ2) is 10.0. The Morgan fingerprint density at radius 3 is 2.00 bits per heavy atom. The van der Waals surface area contributed by atoms with Crippen molar-refractivity contribution in [2.75, 3.05) is 20.3 Å². The van der Waals surface area contributed by atoms with E-state index in [2.05, 4.69) is 10.6 Å². The van der Waals surface area contributed by atoms with E-state index in [1.165, 1.54) is 7.11 Å². The molecule has 8 nitrogen and oxygen atoms in total. The van der Waals surface area contributed by atoms with E-state index >= 15 is 0 Å². The average molecular weight is 455 g/mol. The minimum absolute atomic E-state index is 0.108. The first kappa shape index (κ1) is 24.3. The van der Waals surface area contributed by atoms with Crippen LogP contribution in [0.4, 0.5) is 4.79 Å². The van der Waals surface area contributed by atoms with Crippen molar-refractivity contribution in [2.24, 2.45) is 5.41 Å². The molecule has 33 heavy (non-hydrogen) atoms. The van der Waals surface area contributed by atoms with Crippen LogP contribution in [0.2, 0.25) is 0 Å². The van der Waals surface area contributed by atoms with Crippen LogP contribution in [-0.4, -0.2) is 55.5 Å². The molecule has 2 amide bonds. The van der Waals surface area contributed by atoms with E-state index in [0.717, 1.165) is 22.3 Å². The number of carboxylic acid groups (broad SMARTS) is 1. The van der Waals surface area contributed by atoms with Crippen LogP contribution in [0.5, 0.6) is 0 Å². The van der Waals surface area contributed by atoms with E-state index in [1.54, 1.807) is 20.8 Å². The first-order chi connectivity index (χ1) is 15.6. The molecule has 0 heterocycles. The third-order valence-electron chi connectivity index (χ3n) is 5.68. The van der Waals surface area contributed by atoms with E-state index in [4.69, 9.17) is 9.47 Å². The van der Waals surface area contributed by atoms with Crippen molar-refractivity contribution in [1.29, 1.82) is 0 Å². The lowest BCUT2D eigenvalue weighted by molar-refractivity contribution is -0.144. The molecule has 0 aliphatic heterocycles. The maximum absolute atomic E-state index is 12.8. The van der Waals surface area contributed by atoms with Gasteiger partial charge in [-0.3, -0.25) is 4.79 Å². The van der Waals surface area contributed by atoms with Crippen molar-refractivity contribution < 1.29 is 29.0 Å². The van der Waals surface area contributed by atoms with Gasteiger partial charge in [0.2, 0.25) is 5.91 Å². The van der Waals surface area contributed by atoms with E-state index in [0.29, 0.717) is 0 Å². The Morgan fingerprint density at radius 2 is 1.52 bits per heavy atom. The van der Waals surface area contributed by atoms with Gasteiger partial charge in [-0.05, 0) is 27.7 Å². The molecule has 2 aromatic rings. The molecule has 1 aliphatic carbocycles. The van der Waals surface area contributed by atoms with Gasteiger partial charge in [0.1, 0.15) is 12.6 Å². The van der Waals surface area contributed by atoms with Gasteiger partial charge in [0.25, 0.3) is 0 Å². The van der Waals surface area contributed by atoms with Gasteiger partial charge in [-0.1, -0.05) is 69.3 Å². The highest BCUT2D eigenvalue weighted by Gasteiger charge is 2.36. The Labute approximate surface area is 193 Å². The third kappa shape index (κ3) is 5.51. The molecule has 0 spiro atoms. The fraction of sp³-hybridized carbons (Fsp3) is 0.400. The smallest absolute Gasteiger partial charge is 0.407 e. The van der Waals surface area contributed by atoms with Crippen LogP contribution in [-0.2, 0) is 19.1 Å². The number of amides is 2. The fourth-order valence-electron chi connectivity index (χ4n) is 4.03. The number of nitrogens with one attached hydrogen (secondary N) is 2. The summed E-state index contributed by atoms with van der Waals surface area (Å²) in [6.45, 7) is 5.23. The summed E-state index contributed by atoms with van der Waals surface area (Å²) >= 11 is 0. The molecule has 0 aromatic heterocycles. The SMILES string of the molecule is COC[C@H](NC(=O)[C@H](NC(=O)OCC1c2ccccc2-c2ccccc21)C(C)(C)C)C(=O)O. The van der Waals surface area contributed by atoms with E-state index in [-0.39, 0.29) is 19.1 Å². The van der Waals surface area contributed by atoms with Crippen LogP contribution < -0.4 is 10.6 Å². The van der Waals surface area contributed by atoms with Gasteiger partial charge in [0.05, 0.1) is 6.61 Å². The summed E-state index contributed by atoms with van der Waals surface area (Å²) in [5.74, 6) is -1.96.